The maximum absolute atomic E-state index is 12.2. The third-order valence-electron chi connectivity index (χ3n) is 5.03. The van der Waals surface area contributed by atoms with E-state index in [1.54, 1.807) is 0 Å². The van der Waals surface area contributed by atoms with Crippen molar-refractivity contribution in [3.8, 4) is 0 Å². The SMILES string of the molecule is CCc1ccccc1NC(=O)CNC(=O)CN1CCN(c2cccc(Cl)c2)CC1. The molecule has 0 radical (unpaired) electrons. The monoisotopic (exact) mass is 414 g/mol. The number of piperazine rings is 1. The number of hydrogen-bond donors (Lipinski definition) is 2. The van der Waals surface area contributed by atoms with Crippen LogP contribution in [0.2, 0.25) is 5.02 Å². The lowest BCUT2D eigenvalue weighted by Crippen LogP contribution is -2.50. The first kappa shape index (κ1) is 21.1. The number of para-hydroxylation sites is 1. The maximum atomic E-state index is 12.2. The highest BCUT2D eigenvalue weighted by atomic mass is 35.5. The van der Waals surface area contributed by atoms with Crippen molar-refractivity contribution in [1.82, 2.24) is 10.2 Å². The van der Waals surface area contributed by atoms with Crippen LogP contribution in [0.3, 0.4) is 0 Å². The van der Waals surface area contributed by atoms with Crippen molar-refractivity contribution in [2.45, 2.75) is 13.3 Å². The maximum Gasteiger partial charge on any atom is 0.243 e. The number of benzene rings is 2. The van der Waals surface area contributed by atoms with Gasteiger partial charge in [0.25, 0.3) is 0 Å². The molecule has 7 heteroatoms. The highest BCUT2D eigenvalue weighted by Gasteiger charge is 2.19. The zero-order valence-electron chi connectivity index (χ0n) is 16.7. The van der Waals surface area contributed by atoms with E-state index in [0.717, 1.165) is 54.6 Å². The van der Waals surface area contributed by atoms with Gasteiger partial charge < -0.3 is 15.5 Å². The van der Waals surface area contributed by atoms with Crippen LogP contribution in [0.4, 0.5) is 11.4 Å². The van der Waals surface area contributed by atoms with Gasteiger partial charge in [0.05, 0.1) is 13.1 Å². The van der Waals surface area contributed by atoms with E-state index in [1.807, 2.05) is 55.5 Å². The predicted octanol–water partition coefficient (Wildman–Crippen LogP) is 2.78. The van der Waals surface area contributed by atoms with Crippen molar-refractivity contribution in [3.05, 3.63) is 59.1 Å². The fourth-order valence-corrected chi connectivity index (χ4v) is 3.60. The van der Waals surface area contributed by atoms with E-state index in [4.69, 9.17) is 11.6 Å². The van der Waals surface area contributed by atoms with Crippen molar-refractivity contribution >= 4 is 34.8 Å². The van der Waals surface area contributed by atoms with Crippen LogP contribution in [-0.4, -0.2) is 56.0 Å². The summed E-state index contributed by atoms with van der Waals surface area (Å²) in [5.74, 6) is -0.356. The van der Waals surface area contributed by atoms with E-state index in [2.05, 4.69) is 20.4 Å². The molecule has 6 nitrogen and oxygen atoms in total. The summed E-state index contributed by atoms with van der Waals surface area (Å²) in [6.07, 6.45) is 0.837. The van der Waals surface area contributed by atoms with Gasteiger partial charge in [-0.05, 0) is 36.2 Å². The summed E-state index contributed by atoms with van der Waals surface area (Å²) in [6.45, 7) is 5.55. The number of rotatable bonds is 7. The summed E-state index contributed by atoms with van der Waals surface area (Å²) < 4.78 is 0. The molecule has 2 aromatic carbocycles. The Labute approximate surface area is 176 Å². The summed E-state index contributed by atoms with van der Waals surface area (Å²) in [5.41, 5.74) is 2.97. The second-order valence-corrected chi connectivity index (χ2v) is 7.52. The number of nitrogens with zero attached hydrogens (tertiary/aromatic N) is 2. The average molecular weight is 415 g/mol. The summed E-state index contributed by atoms with van der Waals surface area (Å²) in [4.78, 5) is 28.7. The average Bonchev–Trinajstić information content (AvgIpc) is 2.73. The molecule has 2 N–H and O–H groups in total. The van der Waals surface area contributed by atoms with Gasteiger partial charge in [0, 0.05) is 42.6 Å². The molecule has 1 aliphatic rings. The molecule has 1 heterocycles. The molecule has 0 spiro atoms. The van der Waals surface area contributed by atoms with E-state index >= 15 is 0 Å². The molecule has 154 valence electrons. The largest absolute Gasteiger partial charge is 0.369 e. The lowest BCUT2D eigenvalue weighted by molar-refractivity contribution is -0.125. The minimum absolute atomic E-state index is 0.0284. The smallest absolute Gasteiger partial charge is 0.243 e. The minimum atomic E-state index is -0.218. The van der Waals surface area contributed by atoms with Crippen LogP contribution in [0.5, 0.6) is 0 Å². The van der Waals surface area contributed by atoms with E-state index in [-0.39, 0.29) is 18.4 Å². The van der Waals surface area contributed by atoms with Crippen LogP contribution >= 0.6 is 11.6 Å². The van der Waals surface area contributed by atoms with E-state index in [1.165, 1.54) is 0 Å². The van der Waals surface area contributed by atoms with Crippen LogP contribution in [-0.2, 0) is 16.0 Å². The summed E-state index contributed by atoms with van der Waals surface area (Å²) >= 11 is 6.07. The summed E-state index contributed by atoms with van der Waals surface area (Å²) in [6, 6.07) is 15.5. The van der Waals surface area contributed by atoms with Crippen LogP contribution in [0.1, 0.15) is 12.5 Å². The standard InChI is InChI=1S/C22H27ClN4O2/c1-2-17-6-3-4-9-20(17)25-21(28)15-24-22(29)16-26-10-12-27(13-11-26)19-8-5-7-18(23)14-19/h3-9,14H,2,10-13,15-16H2,1H3,(H,24,29)(H,25,28). The van der Waals surface area contributed by atoms with Crippen LogP contribution in [0, 0.1) is 0 Å². The van der Waals surface area contributed by atoms with Crippen LogP contribution in [0.15, 0.2) is 48.5 Å². The highest BCUT2D eigenvalue weighted by Crippen LogP contribution is 2.20. The lowest BCUT2D eigenvalue weighted by Gasteiger charge is -2.35. The van der Waals surface area contributed by atoms with Gasteiger partial charge in [0.1, 0.15) is 0 Å². The second-order valence-electron chi connectivity index (χ2n) is 7.08. The molecule has 0 aromatic heterocycles. The molecular weight excluding hydrogens is 388 g/mol. The van der Waals surface area contributed by atoms with E-state index < -0.39 is 0 Å². The number of halogens is 1. The number of anilines is 2. The van der Waals surface area contributed by atoms with Gasteiger partial charge in [-0.3, -0.25) is 14.5 Å². The van der Waals surface area contributed by atoms with Crippen LogP contribution < -0.4 is 15.5 Å². The number of nitrogens with one attached hydrogen (secondary N) is 2. The normalized spacial score (nSPS) is 14.5. The molecule has 2 amide bonds. The van der Waals surface area contributed by atoms with Crippen molar-refractivity contribution < 1.29 is 9.59 Å². The molecule has 1 fully saturated rings. The molecule has 3 rings (SSSR count). The molecule has 1 saturated heterocycles. The Morgan fingerprint density at radius 2 is 1.76 bits per heavy atom. The first-order valence-electron chi connectivity index (χ1n) is 9.92. The first-order chi connectivity index (χ1) is 14.0. The highest BCUT2D eigenvalue weighted by molar-refractivity contribution is 6.30. The van der Waals surface area contributed by atoms with Gasteiger partial charge in [0.2, 0.25) is 11.8 Å². The molecular formula is C22H27ClN4O2. The Morgan fingerprint density at radius 1 is 1.00 bits per heavy atom. The Bertz CT molecular complexity index is 850. The minimum Gasteiger partial charge on any atom is -0.369 e. The van der Waals surface area contributed by atoms with Gasteiger partial charge in [0.15, 0.2) is 0 Å². The van der Waals surface area contributed by atoms with Gasteiger partial charge >= 0.3 is 0 Å². The number of carbonyl (C=O) groups excluding carboxylic acids is 2. The third kappa shape index (κ3) is 6.21. The molecule has 1 aliphatic heterocycles. The van der Waals surface area contributed by atoms with Crippen molar-refractivity contribution in [3.63, 3.8) is 0 Å². The Hall–Kier alpha value is -2.57. The van der Waals surface area contributed by atoms with Gasteiger partial charge in [-0.1, -0.05) is 42.8 Å². The third-order valence-corrected chi connectivity index (χ3v) is 5.27. The van der Waals surface area contributed by atoms with Crippen molar-refractivity contribution in [1.29, 1.82) is 0 Å². The molecule has 0 bridgehead atoms. The topological polar surface area (TPSA) is 64.7 Å². The number of carbonyl (C=O) groups is 2. The van der Waals surface area contributed by atoms with Gasteiger partial charge in [-0.2, -0.15) is 0 Å². The molecule has 29 heavy (non-hydrogen) atoms. The fraction of sp³-hybridized carbons (Fsp3) is 0.364. The van der Waals surface area contributed by atoms with Crippen molar-refractivity contribution in [2.24, 2.45) is 0 Å². The fourth-order valence-electron chi connectivity index (χ4n) is 3.42. The quantitative estimate of drug-likeness (QED) is 0.731. The van der Waals surface area contributed by atoms with Crippen molar-refractivity contribution in [2.75, 3.05) is 49.5 Å². The lowest BCUT2D eigenvalue weighted by atomic mass is 10.1. The van der Waals surface area contributed by atoms with E-state index in [9.17, 15) is 9.59 Å². The molecule has 0 atom stereocenters. The second kappa shape index (κ2) is 10.3. The molecule has 2 aromatic rings. The number of aryl methyl sites for hydroxylation is 1. The zero-order valence-corrected chi connectivity index (χ0v) is 17.4. The molecule has 0 saturated carbocycles. The van der Waals surface area contributed by atoms with Gasteiger partial charge in [-0.15, -0.1) is 0 Å². The molecule has 0 unspecified atom stereocenters. The Kier molecular flexibility index (Phi) is 7.49. The van der Waals surface area contributed by atoms with Gasteiger partial charge in [-0.25, -0.2) is 0 Å². The first-order valence-corrected chi connectivity index (χ1v) is 10.3. The van der Waals surface area contributed by atoms with E-state index in [0.29, 0.717) is 6.54 Å². The Morgan fingerprint density at radius 3 is 2.48 bits per heavy atom. The summed E-state index contributed by atoms with van der Waals surface area (Å²) in [5, 5.41) is 6.30. The predicted molar refractivity (Wildman–Crippen MR) is 118 cm³/mol. The summed E-state index contributed by atoms with van der Waals surface area (Å²) in [7, 11) is 0. The number of amides is 2. The Balaban J connectivity index is 1.39. The zero-order chi connectivity index (χ0) is 20.6. The number of hydrogen-bond acceptors (Lipinski definition) is 4. The van der Waals surface area contributed by atoms with Crippen LogP contribution in [0.25, 0.3) is 0 Å². The molecule has 0 aliphatic carbocycles.